The third-order valence-corrected chi connectivity index (χ3v) is 3.52. The van der Waals surface area contributed by atoms with Crippen LogP contribution in [-0.2, 0) is 25.5 Å². The predicted octanol–water partition coefficient (Wildman–Crippen LogP) is 0.359. The maximum absolute atomic E-state index is 11.6. The van der Waals surface area contributed by atoms with Gasteiger partial charge in [0.15, 0.2) is 0 Å². The van der Waals surface area contributed by atoms with Gasteiger partial charge in [-0.1, -0.05) is 6.07 Å². The van der Waals surface area contributed by atoms with Crippen molar-refractivity contribution >= 4 is 47.0 Å². The molecule has 0 aromatic heterocycles. The summed E-state index contributed by atoms with van der Waals surface area (Å²) in [4.78, 5) is 45.9. The second-order valence-corrected chi connectivity index (χ2v) is 5.36. The largest absolute Gasteiger partial charge is 0.461 e. The third-order valence-electron chi connectivity index (χ3n) is 3.09. The van der Waals surface area contributed by atoms with E-state index >= 15 is 0 Å². The van der Waals surface area contributed by atoms with Crippen molar-refractivity contribution in [2.24, 2.45) is 11.5 Å². The molecule has 1 aromatic carbocycles. The molecule has 0 fully saturated rings. The molecule has 0 bridgehead atoms. The van der Waals surface area contributed by atoms with E-state index in [1.165, 1.54) is 18.2 Å². The minimum Gasteiger partial charge on any atom is -0.461 e. The van der Waals surface area contributed by atoms with Crippen molar-refractivity contribution in [2.75, 3.05) is 18.4 Å². The summed E-state index contributed by atoms with van der Waals surface area (Å²) in [5, 5.41) is 0. The van der Waals surface area contributed by atoms with Crippen LogP contribution in [0.5, 0.6) is 0 Å². The summed E-state index contributed by atoms with van der Waals surface area (Å²) < 4.78 is 9.92. The highest BCUT2D eigenvalue weighted by molar-refractivity contribution is 6.26. The summed E-state index contributed by atoms with van der Waals surface area (Å²) in [6, 6.07) is 4.24. The van der Waals surface area contributed by atoms with Gasteiger partial charge in [0.2, 0.25) is 11.8 Å². The Bertz CT molecular complexity index is 648. The van der Waals surface area contributed by atoms with Gasteiger partial charge < -0.3 is 20.9 Å². The van der Waals surface area contributed by atoms with E-state index in [4.69, 9.17) is 44.1 Å². The highest BCUT2D eigenvalue weighted by Gasteiger charge is 2.23. The Balaban J connectivity index is 3.16. The fourth-order valence-corrected chi connectivity index (χ4v) is 2.21. The Morgan fingerprint density at radius 2 is 1.48 bits per heavy atom. The monoisotopic (exact) mass is 390 g/mol. The predicted molar refractivity (Wildman–Crippen MR) is 89.5 cm³/mol. The Kier molecular flexibility index (Phi) is 8.17. The first-order valence-corrected chi connectivity index (χ1v) is 8.05. The lowest BCUT2D eigenvalue weighted by Crippen LogP contribution is -2.30. The van der Waals surface area contributed by atoms with Crippen LogP contribution in [0.15, 0.2) is 18.2 Å². The Morgan fingerprint density at radius 3 is 1.92 bits per heavy atom. The quantitative estimate of drug-likeness (QED) is 0.460. The molecule has 10 heteroatoms. The first-order valence-electron chi connectivity index (χ1n) is 6.98. The van der Waals surface area contributed by atoms with Gasteiger partial charge in [0.05, 0.1) is 0 Å². The Hall–Kier alpha value is -2.32. The van der Waals surface area contributed by atoms with Gasteiger partial charge in [0, 0.05) is 17.5 Å². The number of hydrogen-bond acceptors (Lipinski definition) is 6. The minimum atomic E-state index is -1.02. The van der Waals surface area contributed by atoms with Crippen molar-refractivity contribution in [3.63, 3.8) is 0 Å². The molecule has 4 N–H and O–H groups in total. The van der Waals surface area contributed by atoms with Crippen LogP contribution in [0, 0.1) is 0 Å². The average molecular weight is 391 g/mol. The molecule has 1 atom stereocenters. The topological polar surface area (TPSA) is 139 Å². The molecule has 0 radical (unpaired) electrons. The normalized spacial score (nSPS) is 11.4. The molecular weight excluding hydrogens is 375 g/mol. The van der Waals surface area contributed by atoms with Gasteiger partial charge in [0.1, 0.15) is 24.5 Å². The summed E-state index contributed by atoms with van der Waals surface area (Å²) in [6.07, 6.45) is -1.16. The summed E-state index contributed by atoms with van der Waals surface area (Å²) in [5.41, 5.74) is 10.9. The molecule has 0 aliphatic carbocycles. The minimum absolute atomic E-state index is 0.0342. The SMILES string of the molecule is NC(=O)c1cccc(C(N)=O)c1CC(COC(=O)CCl)OC(=O)CCl. The Morgan fingerprint density at radius 1 is 0.960 bits per heavy atom. The van der Waals surface area contributed by atoms with Gasteiger partial charge in [-0.05, 0) is 17.7 Å². The number of benzene rings is 1. The van der Waals surface area contributed by atoms with E-state index in [0.717, 1.165) is 0 Å². The van der Waals surface area contributed by atoms with E-state index in [2.05, 4.69) is 0 Å². The first-order chi connectivity index (χ1) is 11.8. The molecule has 25 heavy (non-hydrogen) atoms. The van der Waals surface area contributed by atoms with E-state index < -0.39 is 35.7 Å². The zero-order chi connectivity index (χ0) is 19.0. The number of nitrogens with two attached hydrogens (primary N) is 2. The zero-order valence-electron chi connectivity index (χ0n) is 13.0. The number of ether oxygens (including phenoxy) is 2. The number of primary amides is 2. The summed E-state index contributed by atoms with van der Waals surface area (Å²) in [7, 11) is 0. The summed E-state index contributed by atoms with van der Waals surface area (Å²) >= 11 is 10.7. The average Bonchev–Trinajstić information content (AvgIpc) is 2.58. The molecule has 0 spiro atoms. The van der Waals surface area contributed by atoms with Crippen LogP contribution in [0.3, 0.4) is 0 Å². The smallest absolute Gasteiger partial charge is 0.321 e. The second-order valence-electron chi connectivity index (χ2n) is 4.83. The highest BCUT2D eigenvalue weighted by Crippen LogP contribution is 2.18. The fraction of sp³-hybridized carbons (Fsp3) is 0.333. The third kappa shape index (κ3) is 6.24. The molecule has 1 unspecified atom stereocenters. The molecule has 1 rings (SSSR count). The van der Waals surface area contributed by atoms with Crippen molar-refractivity contribution in [1.29, 1.82) is 0 Å². The van der Waals surface area contributed by atoms with Crippen LogP contribution in [0.4, 0.5) is 0 Å². The number of amides is 2. The lowest BCUT2D eigenvalue weighted by Gasteiger charge is -2.20. The second kappa shape index (κ2) is 9.85. The van der Waals surface area contributed by atoms with Gasteiger partial charge in [-0.25, -0.2) is 0 Å². The van der Waals surface area contributed by atoms with Crippen molar-refractivity contribution in [2.45, 2.75) is 12.5 Å². The fourth-order valence-electron chi connectivity index (χ4n) is 2.07. The summed E-state index contributed by atoms with van der Waals surface area (Å²) in [5.74, 6) is -3.91. The number of hydrogen-bond donors (Lipinski definition) is 2. The van der Waals surface area contributed by atoms with E-state index in [9.17, 15) is 19.2 Å². The molecular formula is C15H16Cl2N2O6. The Labute approximate surface area is 153 Å². The first kappa shape index (κ1) is 20.7. The van der Waals surface area contributed by atoms with Crippen molar-refractivity contribution < 1.29 is 28.7 Å². The highest BCUT2D eigenvalue weighted by atomic mass is 35.5. The molecule has 1 aromatic rings. The molecule has 0 saturated carbocycles. The lowest BCUT2D eigenvalue weighted by atomic mass is 9.95. The van der Waals surface area contributed by atoms with E-state index in [0.29, 0.717) is 0 Å². The zero-order valence-corrected chi connectivity index (χ0v) is 14.5. The lowest BCUT2D eigenvalue weighted by molar-refractivity contribution is -0.155. The standard InChI is InChI=1S/C15H16Cl2N2O6/c16-5-12(20)24-7-8(25-13(21)6-17)4-11-9(14(18)22)2-1-3-10(11)15(19)23/h1-3,8H,4-7H2,(H2,18,22)(H2,19,23). The number of halogens is 2. The van der Waals surface area contributed by atoms with Crippen LogP contribution in [-0.4, -0.2) is 48.2 Å². The molecule has 0 saturated heterocycles. The number of esters is 2. The van der Waals surface area contributed by atoms with Crippen LogP contribution in [0.2, 0.25) is 0 Å². The molecule has 8 nitrogen and oxygen atoms in total. The van der Waals surface area contributed by atoms with Gasteiger partial charge in [-0.15, -0.1) is 23.2 Å². The van der Waals surface area contributed by atoms with Crippen molar-refractivity contribution in [3.8, 4) is 0 Å². The van der Waals surface area contributed by atoms with Gasteiger partial charge in [-0.2, -0.15) is 0 Å². The molecule has 0 aliphatic rings. The maximum atomic E-state index is 11.6. The van der Waals surface area contributed by atoms with Crippen LogP contribution in [0.25, 0.3) is 0 Å². The van der Waals surface area contributed by atoms with Crippen molar-refractivity contribution in [1.82, 2.24) is 0 Å². The van der Waals surface area contributed by atoms with E-state index in [1.807, 2.05) is 0 Å². The number of carbonyl (C=O) groups excluding carboxylic acids is 4. The van der Waals surface area contributed by atoms with Crippen LogP contribution < -0.4 is 11.5 Å². The van der Waals surface area contributed by atoms with Crippen LogP contribution in [0.1, 0.15) is 26.3 Å². The van der Waals surface area contributed by atoms with E-state index in [-0.39, 0.29) is 35.6 Å². The van der Waals surface area contributed by atoms with Crippen LogP contribution >= 0.6 is 23.2 Å². The van der Waals surface area contributed by atoms with Gasteiger partial charge in [0.25, 0.3) is 0 Å². The summed E-state index contributed by atoms with van der Waals surface area (Å²) in [6.45, 7) is -0.348. The maximum Gasteiger partial charge on any atom is 0.321 e. The number of alkyl halides is 2. The van der Waals surface area contributed by atoms with Crippen molar-refractivity contribution in [3.05, 3.63) is 34.9 Å². The molecule has 0 aliphatic heterocycles. The van der Waals surface area contributed by atoms with E-state index in [1.54, 1.807) is 0 Å². The molecule has 136 valence electrons. The van der Waals surface area contributed by atoms with Gasteiger partial charge >= 0.3 is 11.9 Å². The van der Waals surface area contributed by atoms with Gasteiger partial charge in [-0.3, -0.25) is 19.2 Å². The number of rotatable bonds is 9. The molecule has 2 amide bonds. The number of carbonyl (C=O) groups is 4. The molecule has 0 heterocycles.